The Morgan fingerprint density at radius 2 is 1.92 bits per heavy atom. The van der Waals surface area contributed by atoms with E-state index in [1.54, 1.807) is 18.2 Å². The van der Waals surface area contributed by atoms with Crippen LogP contribution in [-0.2, 0) is 0 Å². The number of fused-ring (bicyclic) bond motifs is 2. The second-order valence-electron chi connectivity index (χ2n) is 5.46. The van der Waals surface area contributed by atoms with Gasteiger partial charge in [-0.15, -0.1) is 0 Å². The Morgan fingerprint density at radius 3 is 2.75 bits per heavy atom. The fourth-order valence-electron chi connectivity index (χ4n) is 2.79. The predicted octanol–water partition coefficient (Wildman–Crippen LogP) is 3.32. The van der Waals surface area contributed by atoms with Crippen molar-refractivity contribution in [3.05, 3.63) is 60.2 Å². The molecule has 4 rings (SSSR count). The number of benzene rings is 2. The Balaban J connectivity index is 1.94. The summed E-state index contributed by atoms with van der Waals surface area (Å²) in [6.45, 7) is 0. The highest BCUT2D eigenvalue weighted by atomic mass is 16.4. The van der Waals surface area contributed by atoms with E-state index >= 15 is 0 Å². The minimum absolute atomic E-state index is 0.0539. The van der Waals surface area contributed by atoms with Crippen molar-refractivity contribution in [3.63, 3.8) is 0 Å². The highest BCUT2D eigenvalue weighted by molar-refractivity contribution is 6.01. The van der Waals surface area contributed by atoms with E-state index in [0.717, 1.165) is 21.9 Å². The lowest BCUT2D eigenvalue weighted by Crippen LogP contribution is -2.12. The average molecular weight is 318 g/mol. The molecule has 0 radical (unpaired) electrons. The van der Waals surface area contributed by atoms with Crippen LogP contribution in [0.2, 0.25) is 0 Å². The molecule has 2 heterocycles. The van der Waals surface area contributed by atoms with E-state index < -0.39 is 0 Å². The van der Waals surface area contributed by atoms with Crippen LogP contribution >= 0.6 is 0 Å². The van der Waals surface area contributed by atoms with Gasteiger partial charge in [-0.25, -0.2) is 4.98 Å². The maximum atomic E-state index is 8.81. The summed E-state index contributed by atoms with van der Waals surface area (Å²) in [7, 11) is 0. The van der Waals surface area contributed by atoms with E-state index in [4.69, 9.17) is 21.1 Å². The molecule has 0 aliphatic rings. The number of nitrogen functional groups attached to an aromatic ring is 1. The van der Waals surface area contributed by atoms with Crippen molar-refractivity contribution in [2.24, 2.45) is 10.9 Å². The van der Waals surface area contributed by atoms with Crippen LogP contribution in [0.25, 0.3) is 33.2 Å². The normalized spacial score (nSPS) is 12.1. The van der Waals surface area contributed by atoms with Gasteiger partial charge in [-0.05, 0) is 36.4 Å². The molecule has 6 nitrogen and oxygen atoms in total. The summed E-state index contributed by atoms with van der Waals surface area (Å²) >= 11 is 0. The molecule has 24 heavy (non-hydrogen) atoms. The van der Waals surface area contributed by atoms with Crippen molar-refractivity contribution < 1.29 is 9.62 Å². The first-order valence-electron chi connectivity index (χ1n) is 7.33. The molecule has 0 saturated carbocycles. The fraction of sp³-hybridized carbons (Fsp3) is 0. The number of oxime groups is 1. The third kappa shape index (κ3) is 2.21. The largest absolute Gasteiger partial charge is 0.456 e. The summed E-state index contributed by atoms with van der Waals surface area (Å²) in [6.07, 6.45) is 0. The van der Waals surface area contributed by atoms with Crippen LogP contribution in [0.1, 0.15) is 5.56 Å². The fourth-order valence-corrected chi connectivity index (χ4v) is 2.79. The maximum absolute atomic E-state index is 8.81. The van der Waals surface area contributed by atoms with Crippen molar-refractivity contribution in [1.29, 1.82) is 0 Å². The van der Waals surface area contributed by atoms with Gasteiger partial charge in [0, 0.05) is 21.9 Å². The van der Waals surface area contributed by atoms with E-state index in [1.807, 2.05) is 36.4 Å². The highest BCUT2D eigenvalue weighted by Crippen LogP contribution is 2.33. The molecule has 2 aromatic heterocycles. The van der Waals surface area contributed by atoms with E-state index in [1.165, 1.54) is 0 Å². The number of rotatable bonds is 2. The summed E-state index contributed by atoms with van der Waals surface area (Å²) in [5.41, 5.74) is 14.6. The Hall–Kier alpha value is -3.54. The Bertz CT molecular complexity index is 1100. The molecule has 2 aromatic carbocycles. The molecule has 0 bridgehead atoms. The summed E-state index contributed by atoms with van der Waals surface area (Å²) in [5, 5.41) is 13.6. The zero-order chi connectivity index (χ0) is 16.7. The first kappa shape index (κ1) is 14.1. The molecule has 0 aliphatic carbocycles. The Kier molecular flexibility index (Phi) is 3.09. The molecule has 0 atom stereocenters. The van der Waals surface area contributed by atoms with Gasteiger partial charge in [0.1, 0.15) is 17.2 Å². The van der Waals surface area contributed by atoms with Gasteiger partial charge in [0.25, 0.3) is 0 Å². The van der Waals surface area contributed by atoms with Gasteiger partial charge in [0.05, 0.1) is 5.52 Å². The van der Waals surface area contributed by atoms with Gasteiger partial charge in [-0.3, -0.25) is 0 Å². The van der Waals surface area contributed by atoms with Gasteiger partial charge in [0.2, 0.25) is 0 Å². The van der Waals surface area contributed by atoms with Crippen LogP contribution in [0.4, 0.5) is 5.82 Å². The number of aromatic nitrogens is 1. The first-order valence-corrected chi connectivity index (χ1v) is 7.33. The lowest BCUT2D eigenvalue weighted by molar-refractivity contribution is 0.318. The minimum atomic E-state index is 0.0539. The first-order chi connectivity index (χ1) is 11.7. The van der Waals surface area contributed by atoms with Crippen LogP contribution in [0.15, 0.2) is 64.2 Å². The summed E-state index contributed by atoms with van der Waals surface area (Å²) < 4.78 is 5.96. The van der Waals surface area contributed by atoms with Crippen LogP contribution in [-0.4, -0.2) is 16.0 Å². The van der Waals surface area contributed by atoms with Crippen molar-refractivity contribution in [2.75, 3.05) is 5.73 Å². The standard InChI is InChI=1S/C18H14N4O2/c19-17-9-13(12-3-1-2-4-14(12)21-17)16-8-11-7-10(18(20)22-23)5-6-15(11)24-16/h1-9,23H,(H2,19,21)(H2,20,22). The predicted molar refractivity (Wildman–Crippen MR) is 93.9 cm³/mol. The highest BCUT2D eigenvalue weighted by Gasteiger charge is 2.12. The number of nitrogens with two attached hydrogens (primary N) is 2. The number of furan rings is 1. The van der Waals surface area contributed by atoms with E-state index in [0.29, 0.717) is 22.7 Å². The monoisotopic (exact) mass is 318 g/mol. The molecule has 0 amide bonds. The number of hydrogen-bond acceptors (Lipinski definition) is 5. The van der Waals surface area contributed by atoms with Gasteiger partial charge < -0.3 is 21.1 Å². The molecular weight excluding hydrogens is 304 g/mol. The molecule has 0 saturated heterocycles. The van der Waals surface area contributed by atoms with Crippen molar-refractivity contribution >= 4 is 33.5 Å². The average Bonchev–Trinajstić information content (AvgIpc) is 3.03. The van der Waals surface area contributed by atoms with Crippen LogP contribution in [0.5, 0.6) is 0 Å². The zero-order valence-electron chi connectivity index (χ0n) is 12.6. The molecule has 4 aromatic rings. The van der Waals surface area contributed by atoms with Gasteiger partial charge in [-0.2, -0.15) is 0 Å². The molecule has 5 N–H and O–H groups in total. The smallest absolute Gasteiger partial charge is 0.170 e. The minimum Gasteiger partial charge on any atom is -0.456 e. The number of hydrogen-bond donors (Lipinski definition) is 3. The van der Waals surface area contributed by atoms with Gasteiger partial charge in [-0.1, -0.05) is 23.4 Å². The second-order valence-corrected chi connectivity index (χ2v) is 5.46. The van der Waals surface area contributed by atoms with E-state index in [9.17, 15) is 0 Å². The van der Waals surface area contributed by atoms with Crippen LogP contribution in [0.3, 0.4) is 0 Å². The Labute approximate surface area is 137 Å². The SMILES string of the molecule is NC(=NO)c1ccc2oc(-c3cc(N)nc4ccccc34)cc2c1. The lowest BCUT2D eigenvalue weighted by atomic mass is 10.1. The molecule has 0 fully saturated rings. The topological polar surface area (TPSA) is 111 Å². The van der Waals surface area contributed by atoms with Gasteiger partial charge >= 0.3 is 0 Å². The van der Waals surface area contributed by atoms with E-state index in [2.05, 4.69) is 10.1 Å². The number of amidine groups is 1. The maximum Gasteiger partial charge on any atom is 0.170 e. The summed E-state index contributed by atoms with van der Waals surface area (Å²) in [6, 6.07) is 16.8. The second kappa shape index (κ2) is 5.27. The Morgan fingerprint density at radius 1 is 1.08 bits per heavy atom. The quantitative estimate of drug-likeness (QED) is 0.227. The van der Waals surface area contributed by atoms with E-state index in [-0.39, 0.29) is 5.84 Å². The zero-order valence-corrected chi connectivity index (χ0v) is 12.6. The summed E-state index contributed by atoms with van der Waals surface area (Å²) in [4.78, 5) is 4.34. The summed E-state index contributed by atoms with van der Waals surface area (Å²) in [5.74, 6) is 1.17. The number of nitrogens with zero attached hydrogens (tertiary/aromatic N) is 2. The van der Waals surface area contributed by atoms with Crippen molar-refractivity contribution in [3.8, 4) is 11.3 Å². The molecular formula is C18H14N4O2. The van der Waals surface area contributed by atoms with Crippen molar-refractivity contribution in [2.45, 2.75) is 0 Å². The van der Waals surface area contributed by atoms with Gasteiger partial charge in [0.15, 0.2) is 5.84 Å². The van der Waals surface area contributed by atoms with Crippen molar-refractivity contribution in [1.82, 2.24) is 4.98 Å². The molecule has 118 valence electrons. The molecule has 6 heteroatoms. The third-order valence-corrected chi connectivity index (χ3v) is 3.92. The van der Waals surface area contributed by atoms with Crippen LogP contribution < -0.4 is 11.5 Å². The molecule has 0 unspecified atom stereocenters. The number of para-hydroxylation sites is 1. The number of anilines is 1. The number of pyridine rings is 1. The lowest BCUT2D eigenvalue weighted by Gasteiger charge is -2.04. The molecule has 0 spiro atoms. The van der Waals surface area contributed by atoms with Crippen LogP contribution in [0, 0.1) is 0 Å². The molecule has 0 aliphatic heterocycles. The third-order valence-electron chi connectivity index (χ3n) is 3.92.